The van der Waals surface area contributed by atoms with Crippen molar-refractivity contribution in [3.8, 4) is 0 Å². The number of nitrogens with one attached hydrogen (secondary N) is 1. The van der Waals surface area contributed by atoms with E-state index >= 15 is 0 Å². The van der Waals surface area contributed by atoms with Crippen LogP contribution in [-0.4, -0.2) is 45.4 Å². The van der Waals surface area contributed by atoms with Gasteiger partial charge >= 0.3 is 0 Å². The normalized spacial score (nSPS) is 15.4. The smallest absolute Gasteiger partial charge is 0.223 e. The van der Waals surface area contributed by atoms with Crippen molar-refractivity contribution in [1.29, 1.82) is 0 Å². The standard InChI is InChI=1S/C17H24N2O3S/c1-15-5-7-16(8-6-15)23(21,22)14-4-10-18-11-9-17(20)19-12-2-3-13-19/h4-8,14,18H,2-3,9-13H2,1H3. The maximum absolute atomic E-state index is 12.1. The molecule has 2 rings (SSSR count). The Balaban J connectivity index is 1.71. The third-order valence-corrected chi connectivity index (χ3v) is 5.34. The van der Waals surface area contributed by atoms with Gasteiger partial charge < -0.3 is 10.2 Å². The topological polar surface area (TPSA) is 66.5 Å². The molecule has 0 bridgehead atoms. The maximum atomic E-state index is 12.1. The van der Waals surface area contributed by atoms with Crippen LogP contribution in [0.4, 0.5) is 0 Å². The molecule has 23 heavy (non-hydrogen) atoms. The molecule has 1 heterocycles. The zero-order valence-corrected chi connectivity index (χ0v) is 14.3. The second-order valence-electron chi connectivity index (χ2n) is 5.77. The summed E-state index contributed by atoms with van der Waals surface area (Å²) in [7, 11) is -3.39. The molecule has 1 aliphatic heterocycles. The van der Waals surface area contributed by atoms with Crippen molar-refractivity contribution in [3.63, 3.8) is 0 Å². The van der Waals surface area contributed by atoms with Gasteiger partial charge in [-0.25, -0.2) is 8.42 Å². The predicted octanol–water partition coefficient (Wildman–Crippen LogP) is 1.88. The van der Waals surface area contributed by atoms with E-state index in [9.17, 15) is 13.2 Å². The summed E-state index contributed by atoms with van der Waals surface area (Å²) in [6.45, 7) is 4.64. The van der Waals surface area contributed by atoms with Crippen molar-refractivity contribution in [1.82, 2.24) is 10.2 Å². The molecule has 0 saturated carbocycles. The zero-order valence-electron chi connectivity index (χ0n) is 13.5. The van der Waals surface area contributed by atoms with E-state index in [4.69, 9.17) is 0 Å². The third kappa shape index (κ3) is 5.48. The molecular formula is C17H24N2O3S. The van der Waals surface area contributed by atoms with Crippen LogP contribution >= 0.6 is 0 Å². The summed E-state index contributed by atoms with van der Waals surface area (Å²) in [5, 5.41) is 4.29. The quantitative estimate of drug-likeness (QED) is 0.772. The van der Waals surface area contributed by atoms with Gasteiger partial charge in [0.1, 0.15) is 0 Å². The van der Waals surface area contributed by atoms with E-state index in [1.165, 1.54) is 5.41 Å². The lowest BCUT2D eigenvalue weighted by Crippen LogP contribution is -2.30. The van der Waals surface area contributed by atoms with E-state index in [0.717, 1.165) is 31.5 Å². The van der Waals surface area contributed by atoms with Gasteiger partial charge in [0.05, 0.1) is 4.90 Å². The number of rotatable bonds is 7. The van der Waals surface area contributed by atoms with Crippen LogP contribution in [0.25, 0.3) is 0 Å². The average Bonchev–Trinajstić information content (AvgIpc) is 3.05. The molecule has 0 spiro atoms. The number of hydrogen-bond acceptors (Lipinski definition) is 4. The Morgan fingerprint density at radius 2 is 1.87 bits per heavy atom. The molecule has 0 aromatic heterocycles. The summed E-state index contributed by atoms with van der Waals surface area (Å²) in [5.74, 6) is 0.172. The summed E-state index contributed by atoms with van der Waals surface area (Å²) in [6, 6.07) is 6.78. The first-order valence-electron chi connectivity index (χ1n) is 7.96. The first-order chi connectivity index (χ1) is 11.0. The Morgan fingerprint density at radius 1 is 1.22 bits per heavy atom. The van der Waals surface area contributed by atoms with Crippen molar-refractivity contribution >= 4 is 15.7 Å². The highest BCUT2D eigenvalue weighted by molar-refractivity contribution is 7.94. The highest BCUT2D eigenvalue weighted by Gasteiger charge is 2.16. The number of likely N-dealkylation sites (tertiary alicyclic amines) is 1. The monoisotopic (exact) mass is 336 g/mol. The zero-order chi connectivity index (χ0) is 16.7. The van der Waals surface area contributed by atoms with E-state index in [1.54, 1.807) is 30.3 Å². The summed E-state index contributed by atoms with van der Waals surface area (Å²) in [4.78, 5) is 14.0. The van der Waals surface area contributed by atoms with Crippen molar-refractivity contribution in [3.05, 3.63) is 41.3 Å². The van der Waals surface area contributed by atoms with Gasteiger partial charge in [-0.2, -0.15) is 0 Å². The first-order valence-corrected chi connectivity index (χ1v) is 9.50. The average molecular weight is 336 g/mol. The number of benzene rings is 1. The van der Waals surface area contributed by atoms with E-state index in [-0.39, 0.29) is 5.91 Å². The van der Waals surface area contributed by atoms with Crippen LogP contribution in [0.2, 0.25) is 0 Å². The van der Waals surface area contributed by atoms with Gasteiger partial charge in [-0.3, -0.25) is 4.79 Å². The summed E-state index contributed by atoms with van der Waals surface area (Å²) in [5.41, 5.74) is 1.03. The predicted molar refractivity (Wildman–Crippen MR) is 90.8 cm³/mol. The molecule has 0 radical (unpaired) electrons. The molecule has 1 aromatic rings. The lowest BCUT2D eigenvalue weighted by molar-refractivity contribution is -0.130. The lowest BCUT2D eigenvalue weighted by atomic mass is 10.2. The van der Waals surface area contributed by atoms with E-state index < -0.39 is 9.84 Å². The fourth-order valence-corrected chi connectivity index (χ4v) is 3.51. The molecule has 0 unspecified atom stereocenters. The molecule has 0 atom stereocenters. The fraction of sp³-hybridized carbons (Fsp3) is 0.471. The molecular weight excluding hydrogens is 312 g/mol. The van der Waals surface area contributed by atoms with Crippen molar-refractivity contribution in [2.24, 2.45) is 0 Å². The van der Waals surface area contributed by atoms with Gasteiger partial charge in [-0.1, -0.05) is 23.8 Å². The van der Waals surface area contributed by atoms with Crippen LogP contribution in [-0.2, 0) is 14.6 Å². The maximum Gasteiger partial charge on any atom is 0.223 e. The van der Waals surface area contributed by atoms with Gasteiger partial charge in [0.25, 0.3) is 0 Å². The third-order valence-electron chi connectivity index (χ3n) is 3.86. The van der Waals surface area contributed by atoms with E-state index in [2.05, 4.69) is 5.32 Å². The first kappa shape index (κ1) is 17.7. The number of amides is 1. The highest BCUT2D eigenvalue weighted by Crippen LogP contribution is 2.13. The number of carbonyl (C=O) groups excluding carboxylic acids is 1. The Bertz CT molecular complexity index is 645. The minimum absolute atomic E-state index is 0.172. The van der Waals surface area contributed by atoms with Crippen LogP contribution in [0, 0.1) is 6.92 Å². The molecule has 1 saturated heterocycles. The van der Waals surface area contributed by atoms with Gasteiger partial charge in [-0.15, -0.1) is 0 Å². The molecule has 5 nitrogen and oxygen atoms in total. The van der Waals surface area contributed by atoms with Crippen molar-refractivity contribution < 1.29 is 13.2 Å². The molecule has 6 heteroatoms. The van der Waals surface area contributed by atoms with E-state index in [0.29, 0.717) is 24.4 Å². The summed E-state index contributed by atoms with van der Waals surface area (Å²) >= 11 is 0. The molecule has 1 aromatic carbocycles. The van der Waals surface area contributed by atoms with Crippen LogP contribution in [0.1, 0.15) is 24.8 Å². The number of carbonyl (C=O) groups is 1. The molecule has 1 aliphatic rings. The van der Waals surface area contributed by atoms with E-state index in [1.807, 2.05) is 11.8 Å². The minimum Gasteiger partial charge on any atom is -0.343 e. The summed E-state index contributed by atoms with van der Waals surface area (Å²) < 4.78 is 24.2. The Hall–Kier alpha value is -1.66. The lowest BCUT2D eigenvalue weighted by Gasteiger charge is -2.14. The van der Waals surface area contributed by atoms with Crippen LogP contribution in [0.3, 0.4) is 0 Å². The fourth-order valence-electron chi connectivity index (χ4n) is 2.49. The van der Waals surface area contributed by atoms with Crippen LogP contribution in [0.5, 0.6) is 0 Å². The SMILES string of the molecule is Cc1ccc(S(=O)(=O)C=CCNCCC(=O)N2CCCC2)cc1. The Kier molecular flexibility index (Phi) is 6.36. The largest absolute Gasteiger partial charge is 0.343 e. The van der Waals surface area contributed by atoms with Gasteiger partial charge in [0.15, 0.2) is 9.84 Å². The molecule has 126 valence electrons. The van der Waals surface area contributed by atoms with Crippen molar-refractivity contribution in [2.75, 3.05) is 26.2 Å². The highest BCUT2D eigenvalue weighted by atomic mass is 32.2. The van der Waals surface area contributed by atoms with Crippen molar-refractivity contribution in [2.45, 2.75) is 31.1 Å². The molecule has 0 aliphatic carbocycles. The molecule has 1 N–H and O–H groups in total. The second kappa shape index (κ2) is 8.26. The number of aryl methyl sites for hydroxylation is 1. The minimum atomic E-state index is -3.39. The Labute approximate surface area is 138 Å². The number of nitrogens with zero attached hydrogens (tertiary/aromatic N) is 1. The Morgan fingerprint density at radius 3 is 2.52 bits per heavy atom. The van der Waals surface area contributed by atoms with Gasteiger partial charge in [0, 0.05) is 38.0 Å². The summed E-state index contributed by atoms with van der Waals surface area (Å²) in [6.07, 6.45) is 4.23. The second-order valence-corrected chi connectivity index (χ2v) is 7.61. The van der Waals surface area contributed by atoms with Crippen LogP contribution < -0.4 is 5.32 Å². The van der Waals surface area contributed by atoms with Gasteiger partial charge in [-0.05, 0) is 31.9 Å². The molecule has 1 fully saturated rings. The van der Waals surface area contributed by atoms with Crippen LogP contribution in [0.15, 0.2) is 40.6 Å². The number of sulfone groups is 1. The molecule has 1 amide bonds. The van der Waals surface area contributed by atoms with Gasteiger partial charge in [0.2, 0.25) is 5.91 Å². The number of hydrogen-bond donors (Lipinski definition) is 1.